The van der Waals surface area contributed by atoms with E-state index in [4.69, 9.17) is 16.7 Å². The minimum absolute atomic E-state index is 0.178. The van der Waals surface area contributed by atoms with E-state index in [9.17, 15) is 13.2 Å². The van der Waals surface area contributed by atoms with Gasteiger partial charge in [0.05, 0.1) is 22.7 Å². The van der Waals surface area contributed by atoms with E-state index in [-0.39, 0.29) is 4.90 Å². The van der Waals surface area contributed by atoms with Gasteiger partial charge in [0.1, 0.15) is 0 Å². The predicted octanol–water partition coefficient (Wildman–Crippen LogP) is 3.55. The number of hydrogen-bond acceptors (Lipinski definition) is 4. The van der Waals surface area contributed by atoms with Crippen molar-refractivity contribution in [2.45, 2.75) is 18.4 Å². The van der Waals surface area contributed by atoms with Gasteiger partial charge in [0.15, 0.2) is 9.84 Å². The second kappa shape index (κ2) is 7.17. The zero-order valence-corrected chi connectivity index (χ0v) is 16.3. The first-order valence-electron chi connectivity index (χ1n) is 8.02. The molecule has 8 heteroatoms. The lowest BCUT2D eigenvalue weighted by Crippen LogP contribution is -2.04. The smallest absolute Gasteiger partial charge is 0.328 e. The van der Waals surface area contributed by atoms with Crippen LogP contribution in [0.2, 0.25) is 5.02 Å². The summed E-state index contributed by atoms with van der Waals surface area (Å²) in [6.45, 7) is 2.33. The Balaban J connectivity index is 2.18. The molecule has 0 radical (unpaired) electrons. The highest BCUT2D eigenvalue weighted by Gasteiger charge is 2.15. The quantitative estimate of drug-likeness (QED) is 0.657. The molecule has 1 heterocycles. The Kier molecular flexibility index (Phi) is 5.08. The third-order valence-corrected chi connectivity index (χ3v) is 5.53. The third-order valence-electron chi connectivity index (χ3n) is 4.19. The van der Waals surface area contributed by atoms with Gasteiger partial charge in [-0.25, -0.2) is 13.2 Å². The number of rotatable bonds is 5. The lowest BCUT2D eigenvalue weighted by Gasteiger charge is -2.08. The zero-order valence-electron chi connectivity index (χ0n) is 14.7. The van der Waals surface area contributed by atoms with Gasteiger partial charge in [-0.3, -0.25) is 4.68 Å². The van der Waals surface area contributed by atoms with E-state index in [0.29, 0.717) is 28.2 Å². The number of halogens is 1. The minimum Gasteiger partial charge on any atom is -0.478 e. The second-order valence-electron chi connectivity index (χ2n) is 6.24. The molecule has 140 valence electrons. The van der Waals surface area contributed by atoms with Crippen LogP contribution >= 0.6 is 11.6 Å². The van der Waals surface area contributed by atoms with Crippen molar-refractivity contribution in [3.8, 4) is 0 Å². The van der Waals surface area contributed by atoms with Crippen LogP contribution in [0.25, 0.3) is 17.0 Å². The maximum atomic E-state index is 11.9. The maximum Gasteiger partial charge on any atom is 0.328 e. The van der Waals surface area contributed by atoms with Gasteiger partial charge in [-0.05, 0) is 54.5 Å². The molecule has 3 rings (SSSR count). The van der Waals surface area contributed by atoms with Crippen molar-refractivity contribution in [2.75, 3.05) is 6.26 Å². The molecule has 0 aliphatic rings. The molecule has 0 saturated heterocycles. The third kappa shape index (κ3) is 4.20. The van der Waals surface area contributed by atoms with Crippen LogP contribution in [0.4, 0.5) is 0 Å². The Morgan fingerprint density at radius 1 is 1.26 bits per heavy atom. The first-order valence-corrected chi connectivity index (χ1v) is 10.3. The highest BCUT2D eigenvalue weighted by molar-refractivity contribution is 7.90. The summed E-state index contributed by atoms with van der Waals surface area (Å²) in [7, 11) is -3.38. The van der Waals surface area contributed by atoms with E-state index < -0.39 is 15.8 Å². The molecule has 27 heavy (non-hydrogen) atoms. The van der Waals surface area contributed by atoms with Gasteiger partial charge in [-0.1, -0.05) is 17.7 Å². The molecule has 3 aromatic rings. The van der Waals surface area contributed by atoms with E-state index in [1.54, 1.807) is 22.9 Å². The molecule has 0 aliphatic carbocycles. The lowest BCUT2D eigenvalue weighted by atomic mass is 10.1. The van der Waals surface area contributed by atoms with Gasteiger partial charge in [0.2, 0.25) is 0 Å². The van der Waals surface area contributed by atoms with E-state index in [0.717, 1.165) is 23.5 Å². The fraction of sp³-hybridized carbons (Fsp3) is 0.158. The van der Waals surface area contributed by atoms with Gasteiger partial charge in [-0.2, -0.15) is 5.10 Å². The molecule has 0 amide bonds. The number of carboxylic acids is 1. The van der Waals surface area contributed by atoms with Crippen LogP contribution in [0.15, 0.2) is 47.4 Å². The summed E-state index contributed by atoms with van der Waals surface area (Å²) in [6, 6.07) is 10.2. The first kappa shape index (κ1) is 19.1. The van der Waals surface area contributed by atoms with Crippen molar-refractivity contribution >= 4 is 44.4 Å². The number of aromatic nitrogens is 2. The SMILES string of the molecule is Cc1cc(Cl)ccc1Cn1nc(C=CC(=O)O)c2ccc(S(C)(=O)=O)cc21. The molecule has 0 bridgehead atoms. The zero-order chi connectivity index (χ0) is 19.8. The molecular formula is C19H17ClN2O4S. The molecule has 6 nitrogen and oxygen atoms in total. The highest BCUT2D eigenvalue weighted by atomic mass is 35.5. The summed E-state index contributed by atoms with van der Waals surface area (Å²) in [5.74, 6) is -1.08. The molecule has 0 unspecified atom stereocenters. The summed E-state index contributed by atoms with van der Waals surface area (Å²) in [5, 5.41) is 14.7. The number of aryl methyl sites for hydroxylation is 1. The standard InChI is InChI=1S/C19H17ClN2O4S/c1-12-9-14(20)4-3-13(12)11-22-18-10-15(27(2,25)26)5-6-16(18)17(21-22)7-8-19(23)24/h3-10H,11H2,1-2H3,(H,23,24). The molecule has 2 aromatic carbocycles. The second-order valence-corrected chi connectivity index (χ2v) is 8.69. The summed E-state index contributed by atoms with van der Waals surface area (Å²) >= 11 is 6.01. The molecule has 0 fully saturated rings. The number of carboxylic acid groups (broad SMARTS) is 1. The van der Waals surface area contributed by atoms with Crippen LogP contribution in [-0.4, -0.2) is 35.5 Å². The van der Waals surface area contributed by atoms with Crippen LogP contribution in [0.1, 0.15) is 16.8 Å². The summed E-state index contributed by atoms with van der Waals surface area (Å²) in [5.41, 5.74) is 3.02. The average Bonchev–Trinajstić information content (AvgIpc) is 2.92. The van der Waals surface area contributed by atoms with Gasteiger partial charge in [-0.15, -0.1) is 0 Å². The molecular weight excluding hydrogens is 388 g/mol. The number of carbonyl (C=O) groups is 1. The Bertz CT molecular complexity index is 1180. The molecule has 1 N–H and O–H groups in total. The number of fused-ring (bicyclic) bond motifs is 1. The number of aliphatic carboxylic acids is 1. The molecule has 0 atom stereocenters. The molecule has 0 aliphatic heterocycles. The van der Waals surface area contributed by atoms with Crippen molar-refractivity contribution < 1.29 is 18.3 Å². The molecule has 0 spiro atoms. The Labute approximate surface area is 161 Å². The van der Waals surface area contributed by atoms with Crippen molar-refractivity contribution in [1.82, 2.24) is 9.78 Å². The average molecular weight is 405 g/mol. The fourth-order valence-corrected chi connectivity index (χ4v) is 3.67. The minimum atomic E-state index is -3.38. The number of hydrogen-bond donors (Lipinski definition) is 1. The number of nitrogens with zero attached hydrogens (tertiary/aromatic N) is 2. The van der Waals surface area contributed by atoms with Gasteiger partial charge in [0.25, 0.3) is 0 Å². The summed E-state index contributed by atoms with van der Waals surface area (Å²) in [6.07, 6.45) is 3.55. The van der Waals surface area contributed by atoms with Crippen LogP contribution < -0.4 is 0 Å². The number of benzene rings is 2. The Morgan fingerprint density at radius 3 is 2.63 bits per heavy atom. The van der Waals surface area contributed by atoms with E-state index >= 15 is 0 Å². The largest absolute Gasteiger partial charge is 0.478 e. The summed E-state index contributed by atoms with van der Waals surface area (Å²) in [4.78, 5) is 11.0. The van der Waals surface area contributed by atoms with Crippen molar-refractivity contribution in [3.63, 3.8) is 0 Å². The normalized spacial score (nSPS) is 12.1. The number of sulfone groups is 1. The first-order chi connectivity index (χ1) is 12.6. The highest BCUT2D eigenvalue weighted by Crippen LogP contribution is 2.25. The van der Waals surface area contributed by atoms with Crippen molar-refractivity contribution in [2.24, 2.45) is 0 Å². The monoisotopic (exact) mass is 404 g/mol. The van der Waals surface area contributed by atoms with Crippen LogP contribution in [0, 0.1) is 6.92 Å². The van der Waals surface area contributed by atoms with Gasteiger partial charge < -0.3 is 5.11 Å². The topological polar surface area (TPSA) is 89.3 Å². The van der Waals surface area contributed by atoms with E-state index in [1.807, 2.05) is 19.1 Å². The van der Waals surface area contributed by atoms with E-state index in [1.165, 1.54) is 12.1 Å². The summed E-state index contributed by atoms with van der Waals surface area (Å²) < 4.78 is 25.5. The van der Waals surface area contributed by atoms with Crippen LogP contribution in [-0.2, 0) is 21.2 Å². The maximum absolute atomic E-state index is 11.9. The lowest BCUT2D eigenvalue weighted by molar-refractivity contribution is -0.131. The van der Waals surface area contributed by atoms with Crippen molar-refractivity contribution in [3.05, 3.63) is 64.3 Å². The Hall–Kier alpha value is -2.64. The van der Waals surface area contributed by atoms with Gasteiger partial charge >= 0.3 is 5.97 Å². The fourth-order valence-electron chi connectivity index (χ4n) is 2.80. The van der Waals surface area contributed by atoms with E-state index in [2.05, 4.69) is 5.10 Å². The van der Waals surface area contributed by atoms with Crippen LogP contribution in [0.3, 0.4) is 0 Å². The van der Waals surface area contributed by atoms with Crippen LogP contribution in [0.5, 0.6) is 0 Å². The Morgan fingerprint density at radius 2 is 2.00 bits per heavy atom. The van der Waals surface area contributed by atoms with Crippen molar-refractivity contribution in [1.29, 1.82) is 0 Å². The molecule has 1 aromatic heterocycles. The van der Waals surface area contributed by atoms with Gasteiger partial charge in [0, 0.05) is 22.7 Å². The predicted molar refractivity (Wildman–Crippen MR) is 105 cm³/mol. The molecule has 0 saturated carbocycles.